The highest BCUT2D eigenvalue weighted by atomic mass is 19.1. The Hall–Kier alpha value is -1.62. The summed E-state index contributed by atoms with van der Waals surface area (Å²) in [4.78, 5) is 13.7. The van der Waals surface area contributed by atoms with Gasteiger partial charge in [0.15, 0.2) is 6.61 Å². The van der Waals surface area contributed by atoms with E-state index < -0.39 is 0 Å². The van der Waals surface area contributed by atoms with Crippen LogP contribution in [0.15, 0.2) is 18.2 Å². The van der Waals surface area contributed by atoms with Crippen molar-refractivity contribution in [1.82, 2.24) is 10.2 Å². The number of ether oxygens (including phenoxy) is 1. The number of rotatable bonds is 6. The van der Waals surface area contributed by atoms with Crippen LogP contribution in [0, 0.1) is 5.82 Å². The van der Waals surface area contributed by atoms with Crippen LogP contribution in [-0.2, 0) is 4.79 Å². The van der Waals surface area contributed by atoms with Gasteiger partial charge in [-0.05, 0) is 45.0 Å². The molecule has 110 valence electrons. The fourth-order valence-electron chi connectivity index (χ4n) is 2.05. The Labute approximate surface area is 118 Å². The zero-order chi connectivity index (χ0) is 14.7. The minimum atomic E-state index is -0.309. The first-order chi connectivity index (χ1) is 9.52. The van der Waals surface area contributed by atoms with E-state index in [2.05, 4.69) is 5.32 Å². The Balaban J connectivity index is 2.02. The van der Waals surface area contributed by atoms with Crippen molar-refractivity contribution in [2.75, 3.05) is 20.7 Å². The highest BCUT2D eigenvalue weighted by Crippen LogP contribution is 2.27. The SMILES string of the molecule is CNC(C)c1cc(F)ccc1OCC(=O)N(C)C1CC1. The summed E-state index contributed by atoms with van der Waals surface area (Å²) in [5, 5.41) is 3.05. The first kappa shape index (κ1) is 14.8. The summed E-state index contributed by atoms with van der Waals surface area (Å²) in [5.74, 6) is 0.196. The maximum absolute atomic E-state index is 13.3. The number of benzene rings is 1. The van der Waals surface area contributed by atoms with E-state index in [9.17, 15) is 9.18 Å². The van der Waals surface area contributed by atoms with Gasteiger partial charge in [-0.15, -0.1) is 0 Å². The molecule has 1 aliphatic rings. The largest absolute Gasteiger partial charge is 0.483 e. The minimum absolute atomic E-state index is 0.0118. The number of carbonyl (C=O) groups is 1. The average Bonchev–Trinajstić information content (AvgIpc) is 3.28. The van der Waals surface area contributed by atoms with Gasteiger partial charge < -0.3 is 15.0 Å². The lowest BCUT2D eigenvalue weighted by Gasteiger charge is -2.19. The number of hydrogen-bond acceptors (Lipinski definition) is 3. The van der Waals surface area contributed by atoms with Crippen molar-refractivity contribution in [2.24, 2.45) is 0 Å². The first-order valence-electron chi connectivity index (χ1n) is 6.88. The monoisotopic (exact) mass is 280 g/mol. The van der Waals surface area contributed by atoms with Crippen molar-refractivity contribution in [2.45, 2.75) is 31.8 Å². The Kier molecular flexibility index (Phi) is 4.60. The molecule has 1 aliphatic carbocycles. The molecule has 1 saturated carbocycles. The molecular weight excluding hydrogens is 259 g/mol. The molecule has 4 nitrogen and oxygen atoms in total. The molecule has 0 radical (unpaired) electrons. The van der Waals surface area contributed by atoms with E-state index in [-0.39, 0.29) is 24.4 Å². The van der Waals surface area contributed by atoms with Gasteiger partial charge in [0.2, 0.25) is 0 Å². The molecular formula is C15H21FN2O2. The summed E-state index contributed by atoms with van der Waals surface area (Å²) in [5.41, 5.74) is 0.717. The van der Waals surface area contributed by atoms with Gasteiger partial charge in [-0.2, -0.15) is 0 Å². The molecule has 1 atom stereocenters. The van der Waals surface area contributed by atoms with Gasteiger partial charge in [0.25, 0.3) is 5.91 Å². The zero-order valence-electron chi connectivity index (χ0n) is 12.1. The van der Waals surface area contributed by atoms with E-state index in [4.69, 9.17) is 4.74 Å². The van der Waals surface area contributed by atoms with Crippen LogP contribution in [0.5, 0.6) is 5.75 Å². The second kappa shape index (κ2) is 6.22. The fraction of sp³-hybridized carbons (Fsp3) is 0.533. The van der Waals surface area contributed by atoms with Gasteiger partial charge >= 0.3 is 0 Å². The van der Waals surface area contributed by atoms with Crippen LogP contribution in [-0.4, -0.2) is 37.6 Å². The summed E-state index contributed by atoms with van der Waals surface area (Å²) in [6.45, 7) is 1.90. The quantitative estimate of drug-likeness (QED) is 0.867. The molecule has 0 aliphatic heterocycles. The molecule has 0 saturated heterocycles. The Morgan fingerprint density at radius 3 is 2.85 bits per heavy atom. The topological polar surface area (TPSA) is 41.6 Å². The maximum Gasteiger partial charge on any atom is 0.260 e. The number of amides is 1. The summed E-state index contributed by atoms with van der Waals surface area (Å²) in [6, 6.07) is 4.68. The summed E-state index contributed by atoms with van der Waals surface area (Å²) in [6.07, 6.45) is 2.14. The van der Waals surface area contributed by atoms with Crippen LogP contribution in [0.1, 0.15) is 31.4 Å². The van der Waals surface area contributed by atoms with Crippen molar-refractivity contribution >= 4 is 5.91 Å². The van der Waals surface area contributed by atoms with Crippen LogP contribution in [0.4, 0.5) is 4.39 Å². The van der Waals surface area contributed by atoms with Crippen LogP contribution >= 0.6 is 0 Å². The molecule has 2 rings (SSSR count). The number of halogens is 1. The van der Waals surface area contributed by atoms with E-state index in [1.165, 1.54) is 12.1 Å². The van der Waals surface area contributed by atoms with Gasteiger partial charge in [-0.3, -0.25) is 4.79 Å². The van der Waals surface area contributed by atoms with E-state index >= 15 is 0 Å². The number of nitrogens with zero attached hydrogens (tertiary/aromatic N) is 1. The van der Waals surface area contributed by atoms with E-state index in [0.29, 0.717) is 11.8 Å². The molecule has 1 aromatic carbocycles. The second-order valence-corrected chi connectivity index (χ2v) is 5.22. The number of carbonyl (C=O) groups excluding carboxylic acids is 1. The zero-order valence-corrected chi connectivity index (χ0v) is 12.1. The molecule has 0 bridgehead atoms. The van der Waals surface area contributed by atoms with Crippen molar-refractivity contribution in [3.05, 3.63) is 29.6 Å². The first-order valence-corrected chi connectivity index (χ1v) is 6.88. The van der Waals surface area contributed by atoms with E-state index in [1.807, 2.05) is 6.92 Å². The smallest absolute Gasteiger partial charge is 0.260 e. The predicted octanol–water partition coefficient (Wildman–Crippen LogP) is 2.11. The lowest BCUT2D eigenvalue weighted by atomic mass is 10.1. The number of hydrogen-bond donors (Lipinski definition) is 1. The Morgan fingerprint density at radius 1 is 1.55 bits per heavy atom. The van der Waals surface area contributed by atoms with Crippen LogP contribution in [0.2, 0.25) is 0 Å². The lowest BCUT2D eigenvalue weighted by molar-refractivity contribution is -0.132. The average molecular weight is 280 g/mol. The summed E-state index contributed by atoms with van der Waals surface area (Å²) in [7, 11) is 3.59. The van der Waals surface area contributed by atoms with E-state index in [1.54, 1.807) is 25.1 Å². The molecule has 1 aromatic rings. The maximum atomic E-state index is 13.3. The van der Waals surface area contributed by atoms with Gasteiger partial charge in [-0.25, -0.2) is 4.39 Å². The lowest BCUT2D eigenvalue weighted by Crippen LogP contribution is -2.33. The molecule has 1 fully saturated rings. The predicted molar refractivity (Wildman–Crippen MR) is 75.2 cm³/mol. The van der Waals surface area contributed by atoms with Gasteiger partial charge in [0.1, 0.15) is 11.6 Å². The molecule has 5 heteroatoms. The highest BCUT2D eigenvalue weighted by Gasteiger charge is 2.29. The fourth-order valence-corrected chi connectivity index (χ4v) is 2.05. The molecule has 20 heavy (non-hydrogen) atoms. The highest BCUT2D eigenvalue weighted by molar-refractivity contribution is 5.78. The van der Waals surface area contributed by atoms with Gasteiger partial charge in [0, 0.05) is 24.7 Å². The normalized spacial score (nSPS) is 15.8. The van der Waals surface area contributed by atoms with Gasteiger partial charge in [0.05, 0.1) is 0 Å². The molecule has 0 aromatic heterocycles. The Bertz CT molecular complexity index is 489. The molecule has 1 unspecified atom stereocenters. The number of likely N-dealkylation sites (N-methyl/N-ethyl adjacent to an activating group) is 1. The minimum Gasteiger partial charge on any atom is -0.483 e. The van der Waals surface area contributed by atoms with Crippen molar-refractivity contribution in [1.29, 1.82) is 0 Å². The van der Waals surface area contributed by atoms with Crippen molar-refractivity contribution < 1.29 is 13.9 Å². The third-order valence-electron chi connectivity index (χ3n) is 3.71. The van der Waals surface area contributed by atoms with Crippen LogP contribution in [0.25, 0.3) is 0 Å². The molecule has 1 N–H and O–H groups in total. The number of nitrogens with one attached hydrogen (secondary N) is 1. The van der Waals surface area contributed by atoms with Crippen LogP contribution in [0.3, 0.4) is 0 Å². The Morgan fingerprint density at radius 2 is 2.25 bits per heavy atom. The summed E-state index contributed by atoms with van der Waals surface area (Å²) < 4.78 is 18.9. The molecule has 1 amide bonds. The van der Waals surface area contributed by atoms with Crippen molar-refractivity contribution in [3.8, 4) is 5.75 Å². The third-order valence-corrected chi connectivity index (χ3v) is 3.71. The third kappa shape index (κ3) is 3.48. The molecule has 0 heterocycles. The van der Waals surface area contributed by atoms with Gasteiger partial charge in [-0.1, -0.05) is 0 Å². The molecule has 0 spiro atoms. The van der Waals surface area contributed by atoms with Crippen molar-refractivity contribution in [3.63, 3.8) is 0 Å². The van der Waals surface area contributed by atoms with Crippen LogP contribution < -0.4 is 10.1 Å². The second-order valence-electron chi connectivity index (χ2n) is 5.22. The van der Waals surface area contributed by atoms with E-state index in [0.717, 1.165) is 18.4 Å². The summed E-state index contributed by atoms with van der Waals surface area (Å²) >= 11 is 0. The standard InChI is InChI=1S/C15H21FN2O2/c1-10(17-2)13-8-11(16)4-7-14(13)20-9-15(19)18(3)12-5-6-12/h4,7-8,10,12,17H,5-6,9H2,1-3H3.